The Morgan fingerprint density at radius 1 is 1.62 bits per heavy atom. The summed E-state index contributed by atoms with van der Waals surface area (Å²) in [7, 11) is 0. The number of hydrogen-bond donors (Lipinski definition) is 0. The van der Waals surface area contributed by atoms with Crippen molar-refractivity contribution in [3.8, 4) is 0 Å². The first kappa shape index (κ1) is 9.84. The maximum Gasteiger partial charge on any atom is 0.110 e. The van der Waals surface area contributed by atoms with E-state index in [2.05, 4.69) is 13.8 Å². The molecule has 0 saturated carbocycles. The van der Waals surface area contributed by atoms with Gasteiger partial charge < -0.3 is 14.3 Å². The predicted octanol–water partition coefficient (Wildman–Crippen LogP) is 1.15. The molecule has 0 aliphatic heterocycles. The number of carboxylic acid groups (broad SMARTS) is 1. The van der Waals surface area contributed by atoms with E-state index >= 15 is 0 Å². The average Bonchev–Trinajstić information content (AvgIpc) is 2.29. The second kappa shape index (κ2) is 3.64. The quantitative estimate of drug-likeness (QED) is 0.702. The van der Waals surface area contributed by atoms with Crippen LogP contribution in [0.25, 0.3) is 0 Å². The SMILES string of the molecule is Cc1oc(CC(C)C)cc1C(=O)[O-]. The number of furan rings is 1. The molecule has 72 valence electrons. The Labute approximate surface area is 77.4 Å². The summed E-state index contributed by atoms with van der Waals surface area (Å²) in [5, 5.41) is 10.5. The Morgan fingerprint density at radius 3 is 2.62 bits per heavy atom. The van der Waals surface area contributed by atoms with Crippen LogP contribution in [-0.2, 0) is 6.42 Å². The number of rotatable bonds is 3. The minimum Gasteiger partial charge on any atom is -0.545 e. The van der Waals surface area contributed by atoms with E-state index < -0.39 is 5.97 Å². The monoisotopic (exact) mass is 181 g/mol. The van der Waals surface area contributed by atoms with E-state index in [9.17, 15) is 9.90 Å². The third-order valence-corrected chi connectivity index (χ3v) is 1.80. The molecule has 0 unspecified atom stereocenters. The van der Waals surface area contributed by atoms with Gasteiger partial charge in [0.1, 0.15) is 11.5 Å². The van der Waals surface area contributed by atoms with Gasteiger partial charge in [-0.25, -0.2) is 0 Å². The molecule has 3 heteroatoms. The first-order valence-corrected chi connectivity index (χ1v) is 4.31. The highest BCUT2D eigenvalue weighted by Crippen LogP contribution is 2.16. The number of carbonyl (C=O) groups excluding carboxylic acids is 1. The van der Waals surface area contributed by atoms with Gasteiger partial charge in [0.15, 0.2) is 0 Å². The van der Waals surface area contributed by atoms with Gasteiger partial charge in [0.25, 0.3) is 0 Å². The van der Waals surface area contributed by atoms with E-state index in [4.69, 9.17) is 4.42 Å². The van der Waals surface area contributed by atoms with E-state index in [1.165, 1.54) is 0 Å². The lowest BCUT2D eigenvalue weighted by molar-refractivity contribution is -0.255. The maximum atomic E-state index is 10.5. The van der Waals surface area contributed by atoms with Gasteiger partial charge in [0.05, 0.1) is 5.97 Å². The molecule has 0 amide bonds. The van der Waals surface area contributed by atoms with Gasteiger partial charge in [-0.3, -0.25) is 0 Å². The van der Waals surface area contributed by atoms with Crippen molar-refractivity contribution < 1.29 is 14.3 Å². The van der Waals surface area contributed by atoms with Crippen molar-refractivity contribution >= 4 is 5.97 Å². The topological polar surface area (TPSA) is 53.3 Å². The fourth-order valence-corrected chi connectivity index (χ4v) is 1.25. The lowest BCUT2D eigenvalue weighted by Crippen LogP contribution is -2.22. The molecule has 1 rings (SSSR count). The van der Waals surface area contributed by atoms with Crippen molar-refractivity contribution in [2.24, 2.45) is 5.92 Å². The summed E-state index contributed by atoms with van der Waals surface area (Å²) >= 11 is 0. The molecule has 1 aromatic heterocycles. The zero-order valence-electron chi connectivity index (χ0n) is 8.09. The fraction of sp³-hybridized carbons (Fsp3) is 0.500. The molecule has 1 aromatic rings. The number of aryl methyl sites for hydroxylation is 1. The summed E-state index contributed by atoms with van der Waals surface area (Å²) in [5.41, 5.74) is 0.163. The minimum atomic E-state index is -1.17. The highest BCUT2D eigenvalue weighted by molar-refractivity contribution is 5.87. The Hall–Kier alpha value is -1.25. The second-order valence-corrected chi connectivity index (χ2v) is 3.57. The zero-order chi connectivity index (χ0) is 10.0. The van der Waals surface area contributed by atoms with Crippen LogP contribution in [0.5, 0.6) is 0 Å². The van der Waals surface area contributed by atoms with Crippen LogP contribution in [0.2, 0.25) is 0 Å². The maximum absolute atomic E-state index is 10.5. The zero-order valence-corrected chi connectivity index (χ0v) is 8.09. The van der Waals surface area contributed by atoms with Crippen LogP contribution in [0.1, 0.15) is 35.7 Å². The molecule has 0 bridgehead atoms. The van der Waals surface area contributed by atoms with Crippen LogP contribution >= 0.6 is 0 Å². The smallest absolute Gasteiger partial charge is 0.110 e. The molecular weight excluding hydrogens is 168 g/mol. The number of aromatic carboxylic acids is 1. The number of carbonyl (C=O) groups is 1. The number of hydrogen-bond acceptors (Lipinski definition) is 3. The van der Waals surface area contributed by atoms with Crippen LogP contribution in [0, 0.1) is 12.8 Å². The van der Waals surface area contributed by atoms with Crippen molar-refractivity contribution in [1.82, 2.24) is 0 Å². The van der Waals surface area contributed by atoms with Gasteiger partial charge in [-0.05, 0) is 18.9 Å². The fourth-order valence-electron chi connectivity index (χ4n) is 1.25. The van der Waals surface area contributed by atoms with Gasteiger partial charge in [0.2, 0.25) is 0 Å². The summed E-state index contributed by atoms with van der Waals surface area (Å²) in [4.78, 5) is 10.5. The van der Waals surface area contributed by atoms with Crippen molar-refractivity contribution in [1.29, 1.82) is 0 Å². The van der Waals surface area contributed by atoms with E-state index in [0.717, 1.165) is 6.42 Å². The summed E-state index contributed by atoms with van der Waals surface area (Å²) in [6.07, 6.45) is 0.758. The molecule has 0 fully saturated rings. The Balaban J connectivity index is 2.89. The summed E-state index contributed by atoms with van der Waals surface area (Å²) in [6.45, 7) is 5.74. The molecule has 0 atom stereocenters. The molecular formula is C10H13O3-. The normalized spacial score (nSPS) is 10.8. The molecule has 3 nitrogen and oxygen atoms in total. The Bertz CT molecular complexity index is 310. The lowest BCUT2D eigenvalue weighted by Gasteiger charge is -1.98. The van der Waals surface area contributed by atoms with E-state index in [0.29, 0.717) is 17.4 Å². The van der Waals surface area contributed by atoms with Gasteiger partial charge in [-0.2, -0.15) is 0 Å². The lowest BCUT2D eigenvalue weighted by atomic mass is 10.1. The molecule has 0 N–H and O–H groups in total. The first-order valence-electron chi connectivity index (χ1n) is 4.31. The Kier molecular flexibility index (Phi) is 2.76. The summed E-state index contributed by atoms with van der Waals surface area (Å²) in [6, 6.07) is 1.55. The van der Waals surface area contributed by atoms with E-state index in [1.54, 1.807) is 13.0 Å². The highest BCUT2D eigenvalue weighted by atomic mass is 16.4. The van der Waals surface area contributed by atoms with Crippen molar-refractivity contribution in [3.05, 3.63) is 23.2 Å². The molecule has 0 spiro atoms. The molecule has 1 heterocycles. The van der Waals surface area contributed by atoms with Gasteiger partial charge in [-0.1, -0.05) is 13.8 Å². The van der Waals surface area contributed by atoms with Crippen LogP contribution in [0.3, 0.4) is 0 Å². The molecule has 13 heavy (non-hydrogen) atoms. The summed E-state index contributed by atoms with van der Waals surface area (Å²) in [5.74, 6) is 0.429. The van der Waals surface area contributed by atoms with Crippen molar-refractivity contribution in [3.63, 3.8) is 0 Å². The molecule has 0 saturated heterocycles. The first-order chi connectivity index (χ1) is 6.00. The van der Waals surface area contributed by atoms with E-state index in [1.807, 2.05) is 0 Å². The van der Waals surface area contributed by atoms with Gasteiger partial charge >= 0.3 is 0 Å². The molecule has 0 aliphatic carbocycles. The second-order valence-electron chi connectivity index (χ2n) is 3.57. The largest absolute Gasteiger partial charge is 0.545 e. The Morgan fingerprint density at radius 2 is 2.23 bits per heavy atom. The third kappa shape index (κ3) is 2.34. The standard InChI is InChI=1S/C10H14O3/c1-6(2)4-8-5-9(10(11)12)7(3)13-8/h5-6H,4H2,1-3H3,(H,11,12)/p-1. The van der Waals surface area contributed by atoms with Gasteiger partial charge in [-0.15, -0.1) is 0 Å². The van der Waals surface area contributed by atoms with Crippen molar-refractivity contribution in [2.45, 2.75) is 27.2 Å². The van der Waals surface area contributed by atoms with Gasteiger partial charge in [0, 0.05) is 12.0 Å². The summed E-state index contributed by atoms with van der Waals surface area (Å²) < 4.78 is 5.27. The predicted molar refractivity (Wildman–Crippen MR) is 46.3 cm³/mol. The van der Waals surface area contributed by atoms with Crippen LogP contribution in [0.15, 0.2) is 10.5 Å². The number of carboxylic acids is 1. The minimum absolute atomic E-state index is 0.163. The third-order valence-electron chi connectivity index (χ3n) is 1.80. The van der Waals surface area contributed by atoms with Crippen LogP contribution in [-0.4, -0.2) is 5.97 Å². The van der Waals surface area contributed by atoms with Crippen molar-refractivity contribution in [2.75, 3.05) is 0 Å². The highest BCUT2D eigenvalue weighted by Gasteiger charge is 2.08. The molecule has 0 aromatic carbocycles. The van der Waals surface area contributed by atoms with Crippen LogP contribution < -0.4 is 5.11 Å². The average molecular weight is 181 g/mol. The van der Waals surface area contributed by atoms with E-state index in [-0.39, 0.29) is 5.56 Å². The molecule has 0 aliphatic rings. The van der Waals surface area contributed by atoms with Crippen LogP contribution in [0.4, 0.5) is 0 Å². The molecule has 0 radical (unpaired) electrons.